The number of nitrogens with zero attached hydrogens (tertiary/aromatic N) is 2. The molecule has 1 aromatic heterocycles. The van der Waals surface area contributed by atoms with Crippen LogP contribution in [0.5, 0.6) is 0 Å². The molecule has 100 valence electrons. The fourth-order valence-electron chi connectivity index (χ4n) is 3.51. The standard InChI is InChI=1S/C14H23N3S/c1-14(2,3)12-8-15-13(18)17(12)11-9-16-6-4-10(11)5-7-16/h8,10-11H,4-7,9H2,1-3H3,(H,15,18). The molecule has 4 heterocycles. The SMILES string of the molecule is CC(C)(C)c1c[nH]c(=S)n1C1CN2CCC1CC2. The van der Waals surface area contributed by atoms with Crippen molar-refractivity contribution in [2.75, 3.05) is 19.6 Å². The lowest BCUT2D eigenvalue weighted by Crippen LogP contribution is -2.48. The van der Waals surface area contributed by atoms with E-state index in [2.05, 4.69) is 41.4 Å². The van der Waals surface area contributed by atoms with E-state index in [1.165, 1.54) is 38.2 Å². The summed E-state index contributed by atoms with van der Waals surface area (Å²) in [7, 11) is 0. The van der Waals surface area contributed by atoms with Gasteiger partial charge >= 0.3 is 0 Å². The first kappa shape index (κ1) is 12.4. The largest absolute Gasteiger partial charge is 0.337 e. The molecule has 3 saturated heterocycles. The fraction of sp³-hybridized carbons (Fsp3) is 0.786. The minimum absolute atomic E-state index is 0.152. The molecule has 3 fully saturated rings. The molecule has 3 aliphatic rings. The summed E-state index contributed by atoms with van der Waals surface area (Å²) in [5.74, 6) is 0.818. The molecule has 0 radical (unpaired) electrons. The molecule has 18 heavy (non-hydrogen) atoms. The Kier molecular flexibility index (Phi) is 2.90. The highest BCUT2D eigenvalue weighted by molar-refractivity contribution is 7.71. The Bertz CT molecular complexity index is 486. The lowest BCUT2D eigenvalue weighted by Gasteiger charge is -2.46. The average Bonchev–Trinajstić information content (AvgIpc) is 2.72. The molecule has 1 unspecified atom stereocenters. The van der Waals surface area contributed by atoms with Gasteiger partial charge in [-0.2, -0.15) is 0 Å². The number of imidazole rings is 1. The molecular formula is C14H23N3S. The minimum atomic E-state index is 0.152. The van der Waals surface area contributed by atoms with Crippen LogP contribution >= 0.6 is 12.2 Å². The topological polar surface area (TPSA) is 24.0 Å². The molecule has 2 bridgehead atoms. The number of aromatic amines is 1. The normalized spacial score (nSPS) is 31.8. The lowest BCUT2D eigenvalue weighted by atomic mass is 9.83. The first-order valence-electron chi connectivity index (χ1n) is 6.99. The highest BCUT2D eigenvalue weighted by Crippen LogP contribution is 2.38. The van der Waals surface area contributed by atoms with E-state index in [0.29, 0.717) is 6.04 Å². The summed E-state index contributed by atoms with van der Waals surface area (Å²) in [5, 5.41) is 0. The molecule has 0 aliphatic carbocycles. The van der Waals surface area contributed by atoms with Gasteiger partial charge in [-0.15, -0.1) is 0 Å². The zero-order valence-corrected chi connectivity index (χ0v) is 12.4. The van der Waals surface area contributed by atoms with Crippen molar-refractivity contribution in [2.45, 2.75) is 45.1 Å². The number of hydrogen-bond donors (Lipinski definition) is 1. The third-order valence-electron chi connectivity index (χ3n) is 4.53. The van der Waals surface area contributed by atoms with E-state index in [0.717, 1.165) is 10.7 Å². The Morgan fingerprint density at radius 3 is 2.44 bits per heavy atom. The molecule has 0 spiro atoms. The Morgan fingerprint density at radius 2 is 1.94 bits per heavy atom. The van der Waals surface area contributed by atoms with Gasteiger partial charge in [-0.3, -0.25) is 0 Å². The third-order valence-corrected chi connectivity index (χ3v) is 4.85. The second-order valence-corrected chi connectivity index (χ2v) is 7.19. The predicted octanol–water partition coefficient (Wildman–Crippen LogP) is 3.11. The quantitative estimate of drug-likeness (QED) is 0.789. The van der Waals surface area contributed by atoms with Crippen LogP contribution in [0.2, 0.25) is 0 Å². The number of hydrogen-bond acceptors (Lipinski definition) is 2. The molecule has 0 amide bonds. The Balaban J connectivity index is 2.02. The first-order valence-corrected chi connectivity index (χ1v) is 7.40. The molecule has 1 atom stereocenters. The summed E-state index contributed by atoms with van der Waals surface area (Å²) >= 11 is 5.53. The summed E-state index contributed by atoms with van der Waals surface area (Å²) in [6.07, 6.45) is 4.78. The summed E-state index contributed by atoms with van der Waals surface area (Å²) in [4.78, 5) is 5.85. The third kappa shape index (κ3) is 1.95. The van der Waals surface area contributed by atoms with E-state index in [-0.39, 0.29) is 5.41 Å². The van der Waals surface area contributed by atoms with Crippen LogP contribution in [0.15, 0.2) is 6.20 Å². The maximum atomic E-state index is 5.53. The van der Waals surface area contributed by atoms with Crippen LogP contribution in [0.1, 0.15) is 45.3 Å². The van der Waals surface area contributed by atoms with Crippen molar-refractivity contribution >= 4 is 12.2 Å². The van der Waals surface area contributed by atoms with E-state index >= 15 is 0 Å². The van der Waals surface area contributed by atoms with Gasteiger partial charge in [0, 0.05) is 23.9 Å². The maximum absolute atomic E-state index is 5.53. The van der Waals surface area contributed by atoms with Crippen molar-refractivity contribution in [3.8, 4) is 0 Å². The second kappa shape index (κ2) is 4.20. The molecule has 1 N–H and O–H groups in total. The minimum Gasteiger partial charge on any atom is -0.337 e. The molecule has 1 aromatic rings. The molecule has 3 nitrogen and oxygen atoms in total. The monoisotopic (exact) mass is 265 g/mol. The maximum Gasteiger partial charge on any atom is 0.177 e. The van der Waals surface area contributed by atoms with Crippen LogP contribution in [-0.2, 0) is 5.41 Å². The Labute approximate surface area is 114 Å². The molecule has 0 saturated carbocycles. The van der Waals surface area contributed by atoms with E-state index in [1.807, 2.05) is 0 Å². The van der Waals surface area contributed by atoms with Gasteiger partial charge in [0.1, 0.15) is 0 Å². The zero-order valence-electron chi connectivity index (χ0n) is 11.6. The van der Waals surface area contributed by atoms with Crippen molar-refractivity contribution in [1.29, 1.82) is 0 Å². The number of H-pyrrole nitrogens is 1. The van der Waals surface area contributed by atoms with Crippen molar-refractivity contribution in [3.05, 3.63) is 16.7 Å². The second-order valence-electron chi connectivity index (χ2n) is 6.80. The lowest BCUT2D eigenvalue weighted by molar-refractivity contribution is 0.0540. The summed E-state index contributed by atoms with van der Waals surface area (Å²) < 4.78 is 3.31. The number of fused-ring (bicyclic) bond motifs is 3. The zero-order chi connectivity index (χ0) is 12.9. The molecular weight excluding hydrogens is 242 g/mol. The fourth-order valence-corrected chi connectivity index (χ4v) is 3.80. The van der Waals surface area contributed by atoms with Crippen LogP contribution in [0, 0.1) is 10.7 Å². The van der Waals surface area contributed by atoms with Gasteiger partial charge in [0.2, 0.25) is 0 Å². The van der Waals surface area contributed by atoms with Crippen molar-refractivity contribution in [1.82, 2.24) is 14.5 Å². The van der Waals surface area contributed by atoms with Gasteiger partial charge in [-0.1, -0.05) is 20.8 Å². The van der Waals surface area contributed by atoms with Gasteiger partial charge in [0.25, 0.3) is 0 Å². The van der Waals surface area contributed by atoms with Gasteiger partial charge < -0.3 is 14.5 Å². The predicted molar refractivity (Wildman–Crippen MR) is 76.5 cm³/mol. The van der Waals surface area contributed by atoms with Crippen molar-refractivity contribution in [3.63, 3.8) is 0 Å². The highest BCUT2D eigenvalue weighted by atomic mass is 32.1. The van der Waals surface area contributed by atoms with Crippen LogP contribution in [-0.4, -0.2) is 34.1 Å². The summed E-state index contributed by atoms with van der Waals surface area (Å²) in [6, 6.07) is 0.584. The number of piperidine rings is 3. The Morgan fingerprint density at radius 1 is 1.28 bits per heavy atom. The molecule has 0 aromatic carbocycles. The van der Waals surface area contributed by atoms with Gasteiger partial charge in [0.05, 0.1) is 6.04 Å². The average molecular weight is 265 g/mol. The van der Waals surface area contributed by atoms with Crippen LogP contribution in [0.3, 0.4) is 0 Å². The highest BCUT2D eigenvalue weighted by Gasteiger charge is 2.37. The van der Waals surface area contributed by atoms with Crippen LogP contribution in [0.25, 0.3) is 0 Å². The molecule has 3 aliphatic heterocycles. The number of rotatable bonds is 1. The van der Waals surface area contributed by atoms with E-state index in [4.69, 9.17) is 12.2 Å². The van der Waals surface area contributed by atoms with Gasteiger partial charge in [-0.25, -0.2) is 0 Å². The number of aromatic nitrogens is 2. The van der Waals surface area contributed by atoms with Crippen molar-refractivity contribution in [2.24, 2.45) is 5.92 Å². The van der Waals surface area contributed by atoms with Crippen molar-refractivity contribution < 1.29 is 0 Å². The molecule has 4 rings (SSSR count). The van der Waals surface area contributed by atoms with E-state index in [9.17, 15) is 0 Å². The molecule has 4 heteroatoms. The van der Waals surface area contributed by atoms with E-state index in [1.54, 1.807) is 0 Å². The van der Waals surface area contributed by atoms with Gasteiger partial charge in [0.15, 0.2) is 4.77 Å². The summed E-state index contributed by atoms with van der Waals surface area (Å²) in [6.45, 7) is 10.5. The van der Waals surface area contributed by atoms with Crippen LogP contribution < -0.4 is 0 Å². The summed E-state index contributed by atoms with van der Waals surface area (Å²) in [5.41, 5.74) is 1.51. The number of nitrogens with one attached hydrogen (secondary N) is 1. The van der Waals surface area contributed by atoms with Crippen LogP contribution in [0.4, 0.5) is 0 Å². The first-order chi connectivity index (χ1) is 8.47. The van der Waals surface area contributed by atoms with Gasteiger partial charge in [-0.05, 0) is 44.1 Å². The Hall–Kier alpha value is -0.610. The van der Waals surface area contributed by atoms with E-state index < -0.39 is 0 Å². The smallest absolute Gasteiger partial charge is 0.177 e.